The molecule has 6 heteroatoms. The molecule has 0 saturated carbocycles. The van der Waals surface area contributed by atoms with Gasteiger partial charge in [-0.25, -0.2) is 9.97 Å². The Morgan fingerprint density at radius 1 is 1.00 bits per heavy atom. The summed E-state index contributed by atoms with van der Waals surface area (Å²) in [7, 11) is 1.68. The molecule has 26 heavy (non-hydrogen) atoms. The molecule has 134 valence electrons. The Balaban J connectivity index is 1.63. The van der Waals surface area contributed by atoms with Crippen LogP contribution in [0.3, 0.4) is 0 Å². The Labute approximate surface area is 158 Å². The van der Waals surface area contributed by atoms with E-state index >= 15 is 0 Å². The minimum Gasteiger partial charge on any atom is -0.497 e. The molecule has 0 unspecified atom stereocenters. The number of anilines is 3. The van der Waals surface area contributed by atoms with Crippen LogP contribution in [-0.4, -0.2) is 23.6 Å². The summed E-state index contributed by atoms with van der Waals surface area (Å²) in [4.78, 5) is 8.87. The van der Waals surface area contributed by atoms with Crippen LogP contribution in [0.15, 0.2) is 54.6 Å². The lowest BCUT2D eigenvalue weighted by atomic mass is 10.1. The van der Waals surface area contributed by atoms with Crippen LogP contribution in [0.25, 0.3) is 0 Å². The predicted octanol–water partition coefficient (Wildman–Crippen LogP) is 4.85. The summed E-state index contributed by atoms with van der Waals surface area (Å²) < 4.78 is 5.26. The second-order valence-corrected chi connectivity index (χ2v) is 6.29. The number of halogens is 1. The summed E-state index contributed by atoms with van der Waals surface area (Å²) in [6.45, 7) is 2.64. The van der Waals surface area contributed by atoms with Crippen LogP contribution >= 0.6 is 11.6 Å². The fourth-order valence-electron chi connectivity index (χ4n) is 2.60. The maximum atomic E-state index is 6.03. The Morgan fingerprint density at radius 2 is 1.81 bits per heavy atom. The average Bonchev–Trinajstić information content (AvgIpc) is 2.61. The van der Waals surface area contributed by atoms with Crippen molar-refractivity contribution < 1.29 is 4.74 Å². The molecule has 2 N–H and O–H groups in total. The highest BCUT2D eigenvalue weighted by atomic mass is 35.5. The topological polar surface area (TPSA) is 59.1 Å². The SMILES string of the molecule is COc1cccc(CCNc2cc(Nc3cccc(Cl)c3)nc(C)n2)c1. The second-order valence-electron chi connectivity index (χ2n) is 5.85. The van der Waals surface area contributed by atoms with Crippen molar-refractivity contribution in [2.75, 3.05) is 24.3 Å². The Bertz CT molecular complexity index is 885. The number of methoxy groups -OCH3 is 1. The molecular weight excluding hydrogens is 348 g/mol. The summed E-state index contributed by atoms with van der Waals surface area (Å²) >= 11 is 6.03. The van der Waals surface area contributed by atoms with Crippen molar-refractivity contribution in [3.63, 3.8) is 0 Å². The highest BCUT2D eigenvalue weighted by Crippen LogP contribution is 2.20. The molecule has 0 aliphatic carbocycles. The van der Waals surface area contributed by atoms with Gasteiger partial charge in [-0.15, -0.1) is 0 Å². The van der Waals surface area contributed by atoms with Crippen molar-refractivity contribution in [2.24, 2.45) is 0 Å². The average molecular weight is 369 g/mol. The van der Waals surface area contributed by atoms with Gasteiger partial charge in [0.1, 0.15) is 23.2 Å². The van der Waals surface area contributed by atoms with E-state index in [2.05, 4.69) is 26.7 Å². The number of hydrogen-bond acceptors (Lipinski definition) is 5. The van der Waals surface area contributed by atoms with E-state index in [1.165, 1.54) is 5.56 Å². The summed E-state index contributed by atoms with van der Waals surface area (Å²) in [6.07, 6.45) is 0.872. The number of nitrogens with zero attached hydrogens (tertiary/aromatic N) is 2. The van der Waals surface area contributed by atoms with Crippen molar-refractivity contribution in [2.45, 2.75) is 13.3 Å². The second kappa shape index (κ2) is 8.54. The third-order valence-corrected chi connectivity index (χ3v) is 4.02. The molecule has 0 aliphatic rings. The molecule has 0 aliphatic heterocycles. The Morgan fingerprint density at radius 3 is 2.62 bits per heavy atom. The van der Waals surface area contributed by atoms with Gasteiger partial charge in [-0.1, -0.05) is 29.8 Å². The fraction of sp³-hybridized carbons (Fsp3) is 0.200. The van der Waals surface area contributed by atoms with Gasteiger partial charge in [0.15, 0.2) is 0 Å². The van der Waals surface area contributed by atoms with E-state index in [-0.39, 0.29) is 0 Å². The van der Waals surface area contributed by atoms with Crippen LogP contribution in [0.5, 0.6) is 5.75 Å². The molecule has 0 atom stereocenters. The van der Waals surface area contributed by atoms with Crippen molar-refractivity contribution in [1.82, 2.24) is 9.97 Å². The molecule has 0 fully saturated rings. The lowest BCUT2D eigenvalue weighted by Crippen LogP contribution is -2.08. The number of aromatic nitrogens is 2. The van der Waals surface area contributed by atoms with E-state index < -0.39 is 0 Å². The molecule has 1 aromatic heterocycles. The van der Waals surface area contributed by atoms with Gasteiger partial charge in [-0.05, 0) is 49.2 Å². The van der Waals surface area contributed by atoms with Crippen LogP contribution in [-0.2, 0) is 6.42 Å². The van der Waals surface area contributed by atoms with Crippen molar-refractivity contribution in [3.8, 4) is 5.75 Å². The first-order valence-electron chi connectivity index (χ1n) is 8.37. The minimum atomic E-state index is 0.678. The van der Waals surface area contributed by atoms with Gasteiger partial charge >= 0.3 is 0 Å². The standard InChI is InChI=1S/C20H21ClN4O/c1-14-23-19(22-10-9-15-5-3-8-18(11-15)26-2)13-20(24-14)25-17-7-4-6-16(21)12-17/h3-8,11-13H,9-10H2,1-2H3,(H2,22,23,24,25). The number of aryl methyl sites for hydroxylation is 1. The van der Waals surface area contributed by atoms with Gasteiger partial charge in [-0.2, -0.15) is 0 Å². The van der Waals surface area contributed by atoms with Crippen molar-refractivity contribution in [3.05, 3.63) is 71.0 Å². The van der Waals surface area contributed by atoms with E-state index in [9.17, 15) is 0 Å². The number of hydrogen-bond donors (Lipinski definition) is 2. The van der Waals surface area contributed by atoms with Crippen LogP contribution in [0.2, 0.25) is 5.02 Å². The largest absolute Gasteiger partial charge is 0.497 e. The van der Waals surface area contributed by atoms with Crippen molar-refractivity contribution >= 4 is 28.9 Å². The zero-order valence-electron chi connectivity index (χ0n) is 14.8. The third-order valence-electron chi connectivity index (χ3n) is 3.79. The normalized spacial score (nSPS) is 10.4. The molecule has 0 radical (unpaired) electrons. The van der Waals surface area contributed by atoms with E-state index in [1.54, 1.807) is 7.11 Å². The first-order chi connectivity index (χ1) is 12.6. The summed E-state index contributed by atoms with van der Waals surface area (Å²) in [6, 6.07) is 17.5. The number of benzene rings is 2. The maximum absolute atomic E-state index is 6.03. The summed E-state index contributed by atoms with van der Waals surface area (Å²) in [5.74, 6) is 3.07. The quantitative estimate of drug-likeness (QED) is 0.624. The minimum absolute atomic E-state index is 0.678. The molecule has 2 aromatic carbocycles. The molecule has 0 spiro atoms. The molecular formula is C20H21ClN4O. The van der Waals surface area contributed by atoms with Gasteiger partial charge in [0.05, 0.1) is 7.11 Å². The molecule has 5 nitrogen and oxygen atoms in total. The molecule has 0 amide bonds. The van der Waals surface area contributed by atoms with Gasteiger partial charge in [0, 0.05) is 23.3 Å². The molecule has 0 saturated heterocycles. The third kappa shape index (κ3) is 5.10. The van der Waals surface area contributed by atoms with E-state index in [0.717, 1.165) is 36.0 Å². The molecule has 0 bridgehead atoms. The highest BCUT2D eigenvalue weighted by Gasteiger charge is 2.04. The lowest BCUT2D eigenvalue weighted by Gasteiger charge is -2.11. The highest BCUT2D eigenvalue weighted by molar-refractivity contribution is 6.30. The molecule has 1 heterocycles. The fourth-order valence-corrected chi connectivity index (χ4v) is 2.79. The van der Waals surface area contributed by atoms with E-state index in [0.29, 0.717) is 10.8 Å². The zero-order valence-corrected chi connectivity index (χ0v) is 15.5. The summed E-state index contributed by atoms with van der Waals surface area (Å²) in [5.41, 5.74) is 2.10. The van der Waals surface area contributed by atoms with E-state index in [1.807, 2.05) is 55.5 Å². The number of ether oxygens (including phenoxy) is 1. The first-order valence-corrected chi connectivity index (χ1v) is 8.75. The molecule has 3 aromatic rings. The van der Waals surface area contributed by atoms with E-state index in [4.69, 9.17) is 16.3 Å². The van der Waals surface area contributed by atoms with Gasteiger partial charge in [0.25, 0.3) is 0 Å². The van der Waals surface area contributed by atoms with Crippen LogP contribution in [0, 0.1) is 6.92 Å². The van der Waals surface area contributed by atoms with Gasteiger partial charge < -0.3 is 15.4 Å². The van der Waals surface area contributed by atoms with Crippen molar-refractivity contribution in [1.29, 1.82) is 0 Å². The summed E-state index contributed by atoms with van der Waals surface area (Å²) in [5, 5.41) is 7.29. The first kappa shape index (κ1) is 18.0. The Kier molecular flexibility index (Phi) is 5.92. The Hall–Kier alpha value is -2.79. The van der Waals surface area contributed by atoms with Crippen LogP contribution < -0.4 is 15.4 Å². The number of rotatable bonds is 7. The predicted molar refractivity (Wildman–Crippen MR) is 107 cm³/mol. The lowest BCUT2D eigenvalue weighted by molar-refractivity contribution is 0.414. The van der Waals surface area contributed by atoms with Gasteiger partial charge in [0.2, 0.25) is 0 Å². The monoisotopic (exact) mass is 368 g/mol. The maximum Gasteiger partial charge on any atom is 0.136 e. The van der Waals surface area contributed by atoms with Crippen LogP contribution in [0.1, 0.15) is 11.4 Å². The van der Waals surface area contributed by atoms with Gasteiger partial charge in [-0.3, -0.25) is 0 Å². The smallest absolute Gasteiger partial charge is 0.136 e. The number of nitrogens with one attached hydrogen (secondary N) is 2. The molecule has 3 rings (SSSR count). The van der Waals surface area contributed by atoms with Crippen LogP contribution in [0.4, 0.5) is 17.3 Å². The zero-order chi connectivity index (χ0) is 18.4.